The van der Waals surface area contributed by atoms with E-state index >= 15 is 0 Å². The van der Waals surface area contributed by atoms with Gasteiger partial charge in [-0.3, -0.25) is 0 Å². The number of hydrogen-bond donors (Lipinski definition) is 1. The summed E-state index contributed by atoms with van der Waals surface area (Å²) in [5, 5.41) is 0. The Hall–Kier alpha value is -1.09. The van der Waals surface area contributed by atoms with E-state index < -0.39 is 0 Å². The van der Waals surface area contributed by atoms with Gasteiger partial charge in [0.1, 0.15) is 5.82 Å². The third kappa shape index (κ3) is 1.97. The first-order chi connectivity index (χ1) is 7.22. The maximum atomic E-state index is 5.73. The summed E-state index contributed by atoms with van der Waals surface area (Å²) in [6, 6.07) is 4.66. The predicted molar refractivity (Wildman–Crippen MR) is 62.9 cm³/mol. The number of pyridine rings is 1. The van der Waals surface area contributed by atoms with Crippen LogP contribution >= 0.6 is 0 Å². The van der Waals surface area contributed by atoms with Crippen molar-refractivity contribution in [1.82, 2.24) is 4.98 Å². The predicted octanol–water partition coefficient (Wildman–Crippen LogP) is 1.56. The van der Waals surface area contributed by atoms with Gasteiger partial charge in [0.15, 0.2) is 0 Å². The van der Waals surface area contributed by atoms with Crippen LogP contribution in [0.25, 0.3) is 0 Å². The molecule has 0 aliphatic carbocycles. The van der Waals surface area contributed by atoms with Gasteiger partial charge >= 0.3 is 0 Å². The fourth-order valence-electron chi connectivity index (χ4n) is 2.39. The Morgan fingerprint density at radius 3 is 3.00 bits per heavy atom. The number of nitrogens with zero attached hydrogens (tertiary/aromatic N) is 2. The third-order valence-electron chi connectivity index (χ3n) is 3.25. The van der Waals surface area contributed by atoms with Crippen LogP contribution in [0.5, 0.6) is 0 Å². The molecule has 1 aliphatic heterocycles. The number of rotatable bonds is 2. The van der Waals surface area contributed by atoms with Gasteiger partial charge in [0.2, 0.25) is 0 Å². The van der Waals surface area contributed by atoms with E-state index in [-0.39, 0.29) is 0 Å². The van der Waals surface area contributed by atoms with Crippen LogP contribution in [0.15, 0.2) is 18.3 Å². The molecule has 1 saturated heterocycles. The van der Waals surface area contributed by atoms with Gasteiger partial charge in [0.05, 0.1) is 0 Å². The largest absolute Gasteiger partial charge is 0.353 e. The lowest BCUT2D eigenvalue weighted by molar-refractivity contribution is 0.579. The van der Waals surface area contributed by atoms with Crippen LogP contribution in [0.4, 0.5) is 5.82 Å². The molecule has 3 heteroatoms. The first-order valence-corrected chi connectivity index (χ1v) is 5.60. The van der Waals surface area contributed by atoms with Gasteiger partial charge in [-0.25, -0.2) is 4.98 Å². The highest BCUT2D eigenvalue weighted by Gasteiger charge is 2.29. The lowest BCUT2D eigenvalue weighted by Crippen LogP contribution is -2.29. The van der Waals surface area contributed by atoms with Crippen LogP contribution in [0.3, 0.4) is 0 Å². The second-order valence-electron chi connectivity index (χ2n) is 4.48. The van der Waals surface area contributed by atoms with Crippen molar-refractivity contribution in [1.29, 1.82) is 0 Å². The summed E-state index contributed by atoms with van der Waals surface area (Å²) in [7, 11) is 0. The van der Waals surface area contributed by atoms with E-state index in [1.807, 2.05) is 12.3 Å². The molecule has 15 heavy (non-hydrogen) atoms. The molecule has 0 saturated carbocycles. The Morgan fingerprint density at radius 2 is 2.40 bits per heavy atom. The van der Waals surface area contributed by atoms with E-state index in [2.05, 4.69) is 29.8 Å². The minimum atomic E-state index is 0.562. The molecule has 2 unspecified atom stereocenters. The Labute approximate surface area is 91.3 Å². The zero-order chi connectivity index (χ0) is 10.8. The molecule has 1 fully saturated rings. The van der Waals surface area contributed by atoms with Gasteiger partial charge < -0.3 is 10.6 Å². The topological polar surface area (TPSA) is 42.2 Å². The van der Waals surface area contributed by atoms with Crippen LogP contribution in [0.1, 0.15) is 18.9 Å². The fraction of sp³-hybridized carbons (Fsp3) is 0.583. The minimum absolute atomic E-state index is 0.562. The maximum absolute atomic E-state index is 5.73. The van der Waals surface area contributed by atoms with E-state index in [1.165, 1.54) is 12.0 Å². The van der Waals surface area contributed by atoms with Gasteiger partial charge in [-0.15, -0.1) is 0 Å². The first kappa shape index (κ1) is 10.4. The molecule has 1 aromatic heterocycles. The van der Waals surface area contributed by atoms with E-state index in [1.54, 1.807) is 0 Å². The van der Waals surface area contributed by atoms with Gasteiger partial charge in [0.25, 0.3) is 0 Å². The maximum Gasteiger partial charge on any atom is 0.131 e. The summed E-state index contributed by atoms with van der Waals surface area (Å²) in [5.41, 5.74) is 6.98. The summed E-state index contributed by atoms with van der Waals surface area (Å²) in [5.74, 6) is 1.75. The Kier molecular flexibility index (Phi) is 2.91. The molecule has 2 heterocycles. The highest BCUT2D eigenvalue weighted by molar-refractivity contribution is 5.47. The summed E-state index contributed by atoms with van der Waals surface area (Å²) in [6.45, 7) is 6.21. The highest BCUT2D eigenvalue weighted by Crippen LogP contribution is 2.28. The van der Waals surface area contributed by atoms with Crippen LogP contribution in [-0.4, -0.2) is 24.1 Å². The molecule has 1 aliphatic rings. The molecule has 0 amide bonds. The van der Waals surface area contributed by atoms with Crippen molar-refractivity contribution >= 4 is 5.82 Å². The van der Waals surface area contributed by atoms with Crippen molar-refractivity contribution in [2.45, 2.75) is 26.3 Å². The molecule has 1 aromatic rings. The number of nitrogens with two attached hydrogens (primary N) is 1. The Balaban J connectivity index is 2.21. The van der Waals surface area contributed by atoms with Crippen LogP contribution in [0.2, 0.25) is 0 Å². The molecule has 0 spiro atoms. The van der Waals surface area contributed by atoms with Crippen LogP contribution in [-0.2, 0) is 0 Å². The molecule has 0 radical (unpaired) electrons. The molecule has 3 nitrogen and oxygen atoms in total. The smallest absolute Gasteiger partial charge is 0.131 e. The first-order valence-electron chi connectivity index (χ1n) is 5.60. The van der Waals surface area contributed by atoms with Crippen molar-refractivity contribution in [3.63, 3.8) is 0 Å². The van der Waals surface area contributed by atoms with E-state index in [0.717, 1.165) is 18.9 Å². The Morgan fingerprint density at radius 1 is 1.60 bits per heavy atom. The number of aryl methyl sites for hydroxylation is 1. The van der Waals surface area contributed by atoms with Crippen molar-refractivity contribution in [2.24, 2.45) is 11.7 Å². The Bertz CT molecular complexity index is 337. The lowest BCUT2D eigenvalue weighted by Gasteiger charge is -2.24. The van der Waals surface area contributed by atoms with Crippen molar-refractivity contribution in [2.75, 3.05) is 18.0 Å². The number of aromatic nitrogens is 1. The number of anilines is 1. The average molecular weight is 205 g/mol. The lowest BCUT2D eigenvalue weighted by atomic mass is 10.1. The van der Waals surface area contributed by atoms with E-state index in [9.17, 15) is 0 Å². The van der Waals surface area contributed by atoms with Gasteiger partial charge in [-0.1, -0.05) is 6.07 Å². The van der Waals surface area contributed by atoms with E-state index in [4.69, 9.17) is 5.73 Å². The summed E-state index contributed by atoms with van der Waals surface area (Å²) < 4.78 is 0. The monoisotopic (exact) mass is 205 g/mol. The number of hydrogen-bond acceptors (Lipinski definition) is 3. The molecule has 82 valence electrons. The summed E-state index contributed by atoms with van der Waals surface area (Å²) in [4.78, 5) is 6.85. The molecule has 0 aromatic carbocycles. The summed E-state index contributed by atoms with van der Waals surface area (Å²) in [6.07, 6.45) is 3.05. The van der Waals surface area contributed by atoms with E-state index in [0.29, 0.717) is 12.0 Å². The van der Waals surface area contributed by atoms with Crippen LogP contribution < -0.4 is 10.6 Å². The minimum Gasteiger partial charge on any atom is -0.353 e. The van der Waals surface area contributed by atoms with Crippen molar-refractivity contribution in [3.05, 3.63) is 23.9 Å². The second-order valence-corrected chi connectivity index (χ2v) is 4.48. The normalized spacial score (nSPS) is 25.9. The molecule has 0 bridgehead atoms. The average Bonchev–Trinajstić information content (AvgIpc) is 2.60. The molecular formula is C12H19N3. The standard InChI is InChI=1S/C12H19N3/c1-9-4-3-5-14-12(9)15-8-11(7-13)6-10(15)2/h3-5,10-11H,6-8,13H2,1-2H3. The molecule has 2 N–H and O–H groups in total. The molecular weight excluding hydrogens is 186 g/mol. The third-order valence-corrected chi connectivity index (χ3v) is 3.25. The van der Waals surface area contributed by atoms with Crippen molar-refractivity contribution in [3.8, 4) is 0 Å². The van der Waals surface area contributed by atoms with Crippen LogP contribution in [0, 0.1) is 12.8 Å². The van der Waals surface area contributed by atoms with Gasteiger partial charge in [0, 0.05) is 18.8 Å². The fourth-order valence-corrected chi connectivity index (χ4v) is 2.39. The zero-order valence-electron chi connectivity index (χ0n) is 9.48. The highest BCUT2D eigenvalue weighted by atomic mass is 15.2. The summed E-state index contributed by atoms with van der Waals surface area (Å²) >= 11 is 0. The van der Waals surface area contributed by atoms with Gasteiger partial charge in [-0.05, 0) is 44.4 Å². The SMILES string of the molecule is Cc1cccnc1N1CC(CN)CC1C. The zero-order valence-corrected chi connectivity index (χ0v) is 9.48. The molecule has 2 atom stereocenters. The van der Waals surface area contributed by atoms with Crippen molar-refractivity contribution < 1.29 is 0 Å². The molecule has 2 rings (SSSR count). The quantitative estimate of drug-likeness (QED) is 0.796. The second kappa shape index (κ2) is 4.19. The van der Waals surface area contributed by atoms with Gasteiger partial charge in [-0.2, -0.15) is 0 Å².